The van der Waals surface area contributed by atoms with E-state index in [1.807, 2.05) is 24.3 Å². The maximum absolute atomic E-state index is 11.5. The number of alkyl halides is 1. The summed E-state index contributed by atoms with van der Waals surface area (Å²) in [6.07, 6.45) is 1.19. The third kappa shape index (κ3) is 4.75. The quantitative estimate of drug-likeness (QED) is 0.503. The third-order valence-electron chi connectivity index (χ3n) is 2.45. The first-order valence-corrected chi connectivity index (χ1v) is 6.24. The van der Waals surface area contributed by atoms with E-state index in [9.17, 15) is 4.79 Å². The zero-order valence-corrected chi connectivity index (χ0v) is 11.4. The summed E-state index contributed by atoms with van der Waals surface area (Å²) >= 11 is 5.57. The second-order valence-corrected chi connectivity index (χ2v) is 4.46. The molecule has 0 unspecified atom stereocenters. The molecule has 0 fully saturated rings. The topological polar surface area (TPSA) is 58.7 Å². The van der Waals surface area contributed by atoms with Crippen LogP contribution in [0.2, 0.25) is 0 Å². The minimum atomic E-state index is 0.115. The van der Waals surface area contributed by atoms with E-state index >= 15 is 0 Å². The lowest BCUT2D eigenvalue weighted by Crippen LogP contribution is -2.21. The summed E-state index contributed by atoms with van der Waals surface area (Å²) in [7, 11) is 3.51. The van der Waals surface area contributed by atoms with E-state index in [2.05, 4.69) is 4.99 Å². The van der Waals surface area contributed by atoms with Gasteiger partial charge in [-0.2, -0.15) is 0 Å². The molecule has 1 aromatic carbocycles. The fourth-order valence-electron chi connectivity index (χ4n) is 1.45. The van der Waals surface area contributed by atoms with E-state index in [1.165, 1.54) is 0 Å². The predicted molar refractivity (Wildman–Crippen MR) is 75.5 cm³/mol. The predicted octanol–water partition coefficient (Wildman–Crippen LogP) is 1.93. The van der Waals surface area contributed by atoms with Crippen molar-refractivity contribution in [2.75, 3.05) is 20.0 Å². The summed E-state index contributed by atoms with van der Waals surface area (Å²) in [5, 5.41) is 0. The highest BCUT2D eigenvalue weighted by molar-refractivity contribution is 6.28. The maximum atomic E-state index is 11.5. The number of aryl methyl sites for hydroxylation is 1. The second-order valence-electron chi connectivity index (χ2n) is 4.19. The number of amides is 1. The molecule has 18 heavy (non-hydrogen) atoms. The van der Waals surface area contributed by atoms with Crippen LogP contribution in [0.1, 0.15) is 12.0 Å². The molecule has 0 heterocycles. The van der Waals surface area contributed by atoms with Gasteiger partial charge in [0.05, 0.1) is 11.6 Å². The van der Waals surface area contributed by atoms with Gasteiger partial charge in [-0.1, -0.05) is 12.1 Å². The maximum Gasteiger partial charge on any atom is 0.222 e. The van der Waals surface area contributed by atoms with Crippen molar-refractivity contribution in [2.45, 2.75) is 12.8 Å². The number of rotatable bonds is 5. The van der Waals surface area contributed by atoms with Gasteiger partial charge in [0.25, 0.3) is 0 Å². The Morgan fingerprint density at radius 3 is 2.78 bits per heavy atom. The average Bonchev–Trinajstić information content (AvgIpc) is 2.36. The van der Waals surface area contributed by atoms with E-state index in [0.29, 0.717) is 18.7 Å². The van der Waals surface area contributed by atoms with Crippen LogP contribution < -0.4 is 5.73 Å². The van der Waals surface area contributed by atoms with Crippen LogP contribution in [-0.2, 0) is 11.2 Å². The van der Waals surface area contributed by atoms with Crippen molar-refractivity contribution >= 4 is 29.0 Å². The second kappa shape index (κ2) is 7.01. The van der Waals surface area contributed by atoms with Crippen LogP contribution in [0.15, 0.2) is 29.3 Å². The Morgan fingerprint density at radius 1 is 1.44 bits per heavy atom. The monoisotopic (exact) mass is 267 g/mol. The molecule has 2 N–H and O–H groups in total. The number of benzene rings is 1. The number of aliphatic imine (C=N–C) groups is 1. The zero-order valence-electron chi connectivity index (χ0n) is 10.7. The molecule has 0 aliphatic heterocycles. The molecule has 0 saturated carbocycles. The Morgan fingerprint density at radius 2 is 2.17 bits per heavy atom. The Hall–Kier alpha value is -1.55. The summed E-state index contributed by atoms with van der Waals surface area (Å²) in [5.74, 6) is 0.714. The smallest absolute Gasteiger partial charge is 0.222 e. The summed E-state index contributed by atoms with van der Waals surface area (Å²) in [6.45, 7) is 0. The van der Waals surface area contributed by atoms with E-state index < -0.39 is 0 Å². The number of nitrogens with two attached hydrogens (primary N) is 1. The summed E-state index contributed by atoms with van der Waals surface area (Å²) in [6, 6.07) is 7.65. The molecule has 4 nitrogen and oxygen atoms in total. The van der Waals surface area contributed by atoms with Crippen LogP contribution in [-0.4, -0.2) is 36.6 Å². The SMILES string of the molecule is CN(C)C(=O)CCc1cccc(N=C(N)CCl)c1. The Bertz CT molecular complexity index is 444. The van der Waals surface area contributed by atoms with Crippen LogP contribution in [0, 0.1) is 0 Å². The van der Waals surface area contributed by atoms with Gasteiger partial charge in [-0.05, 0) is 24.1 Å². The summed E-state index contributed by atoms with van der Waals surface area (Å²) in [5.41, 5.74) is 7.40. The molecule has 1 rings (SSSR count). The molecule has 0 saturated heterocycles. The molecule has 0 aliphatic rings. The molecule has 0 aliphatic carbocycles. The van der Waals surface area contributed by atoms with Crippen LogP contribution in [0.3, 0.4) is 0 Å². The van der Waals surface area contributed by atoms with Gasteiger partial charge < -0.3 is 10.6 Å². The standard InChI is InChI=1S/C13H18ClN3O/c1-17(2)13(18)7-6-10-4-3-5-11(8-10)16-12(15)9-14/h3-5,8H,6-7,9H2,1-2H3,(H2,15,16). The average molecular weight is 268 g/mol. The van der Waals surface area contributed by atoms with E-state index in [4.69, 9.17) is 17.3 Å². The van der Waals surface area contributed by atoms with Crippen LogP contribution in [0.5, 0.6) is 0 Å². The molecular formula is C13H18ClN3O. The molecule has 5 heteroatoms. The first-order chi connectivity index (χ1) is 8.52. The Balaban J connectivity index is 2.68. The number of hydrogen-bond acceptors (Lipinski definition) is 2. The van der Waals surface area contributed by atoms with Crippen molar-refractivity contribution in [3.63, 3.8) is 0 Å². The normalized spacial score (nSPS) is 11.4. The van der Waals surface area contributed by atoms with Crippen molar-refractivity contribution < 1.29 is 4.79 Å². The molecule has 0 spiro atoms. The van der Waals surface area contributed by atoms with Crippen LogP contribution in [0.4, 0.5) is 5.69 Å². The molecule has 1 amide bonds. The number of nitrogens with zero attached hydrogens (tertiary/aromatic N) is 2. The Labute approximate surface area is 112 Å². The van der Waals surface area contributed by atoms with Gasteiger partial charge in [-0.3, -0.25) is 4.79 Å². The summed E-state index contributed by atoms with van der Waals surface area (Å²) < 4.78 is 0. The van der Waals surface area contributed by atoms with Crippen LogP contribution in [0.25, 0.3) is 0 Å². The third-order valence-corrected chi connectivity index (χ3v) is 2.72. The lowest BCUT2D eigenvalue weighted by molar-refractivity contribution is -0.128. The van der Waals surface area contributed by atoms with E-state index in [0.717, 1.165) is 11.3 Å². The van der Waals surface area contributed by atoms with Gasteiger partial charge in [0, 0.05) is 20.5 Å². The molecular weight excluding hydrogens is 250 g/mol. The van der Waals surface area contributed by atoms with Gasteiger partial charge in [0.15, 0.2) is 0 Å². The first-order valence-electron chi connectivity index (χ1n) is 5.71. The largest absolute Gasteiger partial charge is 0.386 e. The van der Waals surface area contributed by atoms with Crippen molar-refractivity contribution in [2.24, 2.45) is 10.7 Å². The number of carbonyl (C=O) groups excluding carboxylic acids is 1. The summed E-state index contributed by atoms with van der Waals surface area (Å²) in [4.78, 5) is 17.2. The lowest BCUT2D eigenvalue weighted by Gasteiger charge is -2.09. The van der Waals surface area contributed by atoms with Gasteiger partial charge in [0.1, 0.15) is 5.84 Å². The van der Waals surface area contributed by atoms with Gasteiger partial charge >= 0.3 is 0 Å². The number of amidine groups is 1. The van der Waals surface area contributed by atoms with Gasteiger partial charge in [-0.25, -0.2) is 4.99 Å². The zero-order chi connectivity index (χ0) is 13.5. The Kier molecular flexibility index (Phi) is 5.65. The fourth-order valence-corrected chi connectivity index (χ4v) is 1.51. The highest BCUT2D eigenvalue weighted by Gasteiger charge is 2.04. The molecule has 0 bridgehead atoms. The minimum absolute atomic E-state index is 0.115. The fraction of sp³-hybridized carbons (Fsp3) is 0.385. The molecule has 1 aromatic rings. The lowest BCUT2D eigenvalue weighted by atomic mass is 10.1. The highest BCUT2D eigenvalue weighted by atomic mass is 35.5. The number of carbonyl (C=O) groups is 1. The number of hydrogen-bond donors (Lipinski definition) is 1. The van der Waals surface area contributed by atoms with Crippen molar-refractivity contribution in [3.05, 3.63) is 29.8 Å². The van der Waals surface area contributed by atoms with Gasteiger partial charge in [0.2, 0.25) is 5.91 Å². The van der Waals surface area contributed by atoms with Crippen molar-refractivity contribution in [3.8, 4) is 0 Å². The first kappa shape index (κ1) is 14.5. The molecule has 0 aromatic heterocycles. The minimum Gasteiger partial charge on any atom is -0.386 e. The van der Waals surface area contributed by atoms with Crippen molar-refractivity contribution in [1.29, 1.82) is 0 Å². The molecule has 98 valence electrons. The molecule has 0 radical (unpaired) electrons. The molecule has 0 atom stereocenters. The van der Waals surface area contributed by atoms with E-state index in [-0.39, 0.29) is 11.8 Å². The van der Waals surface area contributed by atoms with Crippen LogP contribution >= 0.6 is 11.6 Å². The van der Waals surface area contributed by atoms with Gasteiger partial charge in [-0.15, -0.1) is 11.6 Å². The highest BCUT2D eigenvalue weighted by Crippen LogP contribution is 2.15. The number of halogens is 1. The van der Waals surface area contributed by atoms with E-state index in [1.54, 1.807) is 19.0 Å². The van der Waals surface area contributed by atoms with Crippen molar-refractivity contribution in [1.82, 2.24) is 4.90 Å².